The molecule has 0 aliphatic carbocycles. The molecule has 0 saturated heterocycles. The Morgan fingerprint density at radius 1 is 1.60 bits per heavy atom. The smallest absolute Gasteiger partial charge is 0.285 e. The van der Waals surface area contributed by atoms with E-state index in [-0.39, 0.29) is 0 Å². The van der Waals surface area contributed by atoms with Crippen LogP contribution in [0.4, 0.5) is 0 Å². The summed E-state index contributed by atoms with van der Waals surface area (Å²) in [4.78, 5) is 14.7. The first-order valence-corrected chi connectivity index (χ1v) is 5.03. The summed E-state index contributed by atoms with van der Waals surface area (Å²) >= 11 is 4.36. The molecule has 0 atom stereocenters. The van der Waals surface area contributed by atoms with E-state index < -0.39 is 5.91 Å². The van der Waals surface area contributed by atoms with Crippen molar-refractivity contribution >= 4 is 23.3 Å². The van der Waals surface area contributed by atoms with Crippen LogP contribution in [0, 0.1) is 0 Å². The van der Waals surface area contributed by atoms with E-state index >= 15 is 0 Å². The number of carbonyl (C=O) groups excluding carboxylic acids is 1. The van der Waals surface area contributed by atoms with Crippen LogP contribution in [0.1, 0.15) is 23.7 Å². The maximum Gasteiger partial charge on any atom is 0.285 e. The number of benzene rings is 1. The Hall–Kier alpha value is -1.51. The van der Waals surface area contributed by atoms with Crippen molar-refractivity contribution in [2.75, 3.05) is 6.61 Å². The SMILES string of the molecule is CCCOc1cccc(C(=O)N=C=S)c1. The largest absolute Gasteiger partial charge is 0.494 e. The lowest BCUT2D eigenvalue weighted by Crippen LogP contribution is -1.98. The molecule has 78 valence electrons. The predicted octanol–water partition coefficient (Wildman–Crippen LogP) is 2.72. The number of hydrogen-bond donors (Lipinski definition) is 0. The first-order valence-electron chi connectivity index (χ1n) is 4.63. The van der Waals surface area contributed by atoms with Gasteiger partial charge in [0.2, 0.25) is 0 Å². The second-order valence-corrected chi connectivity index (χ2v) is 3.07. The first-order chi connectivity index (χ1) is 7.27. The van der Waals surface area contributed by atoms with Crippen LogP contribution < -0.4 is 4.74 Å². The number of amides is 1. The van der Waals surface area contributed by atoms with Gasteiger partial charge in [0.15, 0.2) is 0 Å². The third-order valence-corrected chi connectivity index (χ3v) is 1.79. The molecule has 1 aromatic rings. The number of carbonyl (C=O) groups is 1. The number of thiocarbonyl (C=S) groups is 1. The molecule has 0 heterocycles. The molecule has 0 aromatic heterocycles. The number of ether oxygens (including phenoxy) is 1. The van der Waals surface area contributed by atoms with Crippen molar-refractivity contribution in [3.05, 3.63) is 29.8 Å². The minimum absolute atomic E-state index is 0.396. The molecule has 0 fully saturated rings. The summed E-state index contributed by atoms with van der Waals surface area (Å²) in [6, 6.07) is 6.86. The fraction of sp³-hybridized carbons (Fsp3) is 0.273. The molecule has 0 spiro atoms. The van der Waals surface area contributed by atoms with Gasteiger partial charge >= 0.3 is 0 Å². The normalized spacial score (nSPS) is 9.13. The summed E-state index contributed by atoms with van der Waals surface area (Å²) in [5, 5.41) is 2.05. The highest BCUT2D eigenvalue weighted by Crippen LogP contribution is 2.14. The average molecular weight is 221 g/mol. The third-order valence-electron chi connectivity index (χ3n) is 1.70. The molecule has 4 heteroatoms. The van der Waals surface area contributed by atoms with E-state index in [9.17, 15) is 4.79 Å². The van der Waals surface area contributed by atoms with Crippen LogP contribution >= 0.6 is 12.2 Å². The number of rotatable bonds is 4. The van der Waals surface area contributed by atoms with Crippen LogP contribution in [0.5, 0.6) is 5.75 Å². The van der Waals surface area contributed by atoms with Gasteiger partial charge in [-0.3, -0.25) is 4.79 Å². The first kappa shape index (κ1) is 11.6. The Morgan fingerprint density at radius 2 is 2.40 bits per heavy atom. The van der Waals surface area contributed by atoms with Gasteiger partial charge in [-0.25, -0.2) is 0 Å². The third kappa shape index (κ3) is 3.62. The zero-order chi connectivity index (χ0) is 11.1. The Kier molecular flexibility index (Phi) is 4.68. The zero-order valence-corrected chi connectivity index (χ0v) is 9.21. The fourth-order valence-electron chi connectivity index (χ4n) is 1.04. The molecule has 1 rings (SSSR count). The molecule has 0 N–H and O–H groups in total. The summed E-state index contributed by atoms with van der Waals surface area (Å²) in [5.41, 5.74) is 0.459. The molecular formula is C11H11NO2S. The number of aliphatic imine (C=N–C) groups is 1. The monoisotopic (exact) mass is 221 g/mol. The van der Waals surface area contributed by atoms with E-state index in [1.54, 1.807) is 24.3 Å². The van der Waals surface area contributed by atoms with Crippen molar-refractivity contribution in [2.45, 2.75) is 13.3 Å². The van der Waals surface area contributed by atoms with E-state index in [1.807, 2.05) is 12.1 Å². The minimum Gasteiger partial charge on any atom is -0.494 e. The van der Waals surface area contributed by atoms with Crippen molar-refractivity contribution in [3.8, 4) is 5.75 Å². The second kappa shape index (κ2) is 6.06. The molecule has 0 unspecified atom stereocenters. The Morgan fingerprint density at radius 3 is 3.07 bits per heavy atom. The van der Waals surface area contributed by atoms with E-state index in [1.165, 1.54) is 0 Å². The van der Waals surface area contributed by atoms with Crippen molar-refractivity contribution in [3.63, 3.8) is 0 Å². The number of hydrogen-bond acceptors (Lipinski definition) is 3. The van der Waals surface area contributed by atoms with Gasteiger partial charge in [-0.2, -0.15) is 4.99 Å². The lowest BCUT2D eigenvalue weighted by molar-refractivity contribution is 0.100. The molecule has 1 amide bonds. The Labute approximate surface area is 93.8 Å². The van der Waals surface area contributed by atoms with Gasteiger partial charge in [-0.05, 0) is 36.8 Å². The predicted molar refractivity (Wildman–Crippen MR) is 61.6 cm³/mol. The van der Waals surface area contributed by atoms with E-state index in [0.717, 1.165) is 6.42 Å². The Balaban J connectivity index is 2.82. The summed E-state index contributed by atoms with van der Waals surface area (Å²) < 4.78 is 5.38. The fourth-order valence-corrected chi connectivity index (χ4v) is 1.13. The average Bonchev–Trinajstić information content (AvgIpc) is 2.27. The summed E-state index contributed by atoms with van der Waals surface area (Å²) in [6.45, 7) is 2.65. The standard InChI is InChI=1S/C11H11NO2S/c1-2-6-14-10-5-3-4-9(7-10)11(13)12-8-15/h3-5,7H,2,6H2,1H3. The molecule has 0 bridgehead atoms. The van der Waals surface area contributed by atoms with Gasteiger partial charge in [0.05, 0.1) is 11.8 Å². The molecular weight excluding hydrogens is 210 g/mol. The van der Waals surface area contributed by atoms with Crippen molar-refractivity contribution in [1.82, 2.24) is 0 Å². The molecule has 3 nitrogen and oxygen atoms in total. The molecule has 0 saturated carbocycles. The van der Waals surface area contributed by atoms with Crippen LogP contribution in [-0.4, -0.2) is 17.7 Å². The Bertz CT molecular complexity index is 397. The number of nitrogens with zero attached hydrogens (tertiary/aromatic N) is 1. The van der Waals surface area contributed by atoms with Gasteiger partial charge in [-0.1, -0.05) is 13.0 Å². The van der Waals surface area contributed by atoms with Crippen molar-refractivity contribution < 1.29 is 9.53 Å². The highest BCUT2D eigenvalue weighted by Gasteiger charge is 2.04. The van der Waals surface area contributed by atoms with E-state index in [2.05, 4.69) is 17.2 Å². The van der Waals surface area contributed by atoms with Crippen LogP contribution in [-0.2, 0) is 0 Å². The zero-order valence-electron chi connectivity index (χ0n) is 8.40. The van der Waals surface area contributed by atoms with E-state index in [4.69, 9.17) is 4.74 Å². The quantitative estimate of drug-likeness (QED) is 0.579. The van der Waals surface area contributed by atoms with Crippen LogP contribution in [0.3, 0.4) is 0 Å². The highest BCUT2D eigenvalue weighted by atomic mass is 32.1. The summed E-state index contributed by atoms with van der Waals surface area (Å²) in [5.74, 6) is 0.272. The molecule has 0 aliphatic rings. The lowest BCUT2D eigenvalue weighted by Gasteiger charge is -2.04. The van der Waals surface area contributed by atoms with Crippen LogP contribution in [0.25, 0.3) is 0 Å². The number of isothiocyanates is 1. The lowest BCUT2D eigenvalue weighted by atomic mass is 10.2. The van der Waals surface area contributed by atoms with Gasteiger partial charge in [0.1, 0.15) is 5.75 Å². The minimum atomic E-state index is -0.396. The maximum absolute atomic E-state index is 11.3. The molecule has 1 aromatic carbocycles. The van der Waals surface area contributed by atoms with Crippen molar-refractivity contribution in [2.24, 2.45) is 4.99 Å². The van der Waals surface area contributed by atoms with Gasteiger partial charge in [0, 0.05) is 5.56 Å². The topological polar surface area (TPSA) is 38.7 Å². The summed E-state index contributed by atoms with van der Waals surface area (Å²) in [7, 11) is 0. The highest BCUT2D eigenvalue weighted by molar-refractivity contribution is 7.78. The second-order valence-electron chi connectivity index (χ2n) is 2.88. The van der Waals surface area contributed by atoms with Crippen molar-refractivity contribution in [1.29, 1.82) is 0 Å². The summed E-state index contributed by atoms with van der Waals surface area (Å²) in [6.07, 6.45) is 0.927. The van der Waals surface area contributed by atoms with Gasteiger partial charge < -0.3 is 4.74 Å². The molecule has 15 heavy (non-hydrogen) atoms. The van der Waals surface area contributed by atoms with Gasteiger partial charge in [-0.15, -0.1) is 0 Å². The van der Waals surface area contributed by atoms with E-state index in [0.29, 0.717) is 17.9 Å². The maximum atomic E-state index is 11.3. The van der Waals surface area contributed by atoms with Crippen LogP contribution in [0.15, 0.2) is 29.3 Å². The van der Waals surface area contributed by atoms with Crippen LogP contribution in [0.2, 0.25) is 0 Å². The molecule has 0 radical (unpaired) electrons. The van der Waals surface area contributed by atoms with Gasteiger partial charge in [0.25, 0.3) is 5.91 Å². The molecule has 0 aliphatic heterocycles.